The molecule has 2 atom stereocenters. The van der Waals surface area contributed by atoms with Crippen molar-refractivity contribution in [3.8, 4) is 0 Å². The SMILES string of the molecule is CC1CCCCCC1N1CCNC2(CCCC2)C1. The van der Waals surface area contributed by atoms with Crippen molar-refractivity contribution in [3.63, 3.8) is 0 Å². The van der Waals surface area contributed by atoms with Crippen molar-refractivity contribution in [2.24, 2.45) is 5.92 Å². The molecule has 0 aromatic rings. The fourth-order valence-electron chi connectivity index (χ4n) is 4.67. The molecule has 1 aliphatic heterocycles. The summed E-state index contributed by atoms with van der Waals surface area (Å²) in [6.07, 6.45) is 13.1. The van der Waals surface area contributed by atoms with Gasteiger partial charge in [0.25, 0.3) is 0 Å². The van der Waals surface area contributed by atoms with Gasteiger partial charge in [-0.3, -0.25) is 4.90 Å². The van der Waals surface area contributed by atoms with Crippen molar-refractivity contribution < 1.29 is 0 Å². The van der Waals surface area contributed by atoms with Gasteiger partial charge in [-0.15, -0.1) is 0 Å². The van der Waals surface area contributed by atoms with E-state index in [9.17, 15) is 0 Å². The van der Waals surface area contributed by atoms with Crippen LogP contribution in [0.1, 0.15) is 64.7 Å². The van der Waals surface area contributed by atoms with Gasteiger partial charge in [-0.05, 0) is 31.6 Å². The fraction of sp³-hybridized carbons (Fsp3) is 1.00. The van der Waals surface area contributed by atoms with Crippen molar-refractivity contribution in [1.29, 1.82) is 0 Å². The molecule has 2 saturated carbocycles. The van der Waals surface area contributed by atoms with Crippen LogP contribution < -0.4 is 5.32 Å². The zero-order valence-electron chi connectivity index (χ0n) is 12.1. The molecule has 104 valence electrons. The van der Waals surface area contributed by atoms with Gasteiger partial charge in [0.05, 0.1) is 0 Å². The second-order valence-corrected chi connectivity index (χ2v) is 7.07. The van der Waals surface area contributed by atoms with Gasteiger partial charge in [0, 0.05) is 31.2 Å². The highest BCUT2D eigenvalue weighted by Crippen LogP contribution is 2.35. The lowest BCUT2D eigenvalue weighted by Crippen LogP contribution is -2.61. The first kappa shape index (κ1) is 12.9. The molecule has 0 aromatic heterocycles. The lowest BCUT2D eigenvalue weighted by Gasteiger charge is -2.46. The molecule has 1 N–H and O–H groups in total. The third-order valence-electron chi connectivity index (χ3n) is 5.75. The molecule has 0 amide bonds. The molecule has 0 bridgehead atoms. The van der Waals surface area contributed by atoms with Gasteiger partial charge in [-0.1, -0.05) is 39.0 Å². The van der Waals surface area contributed by atoms with Crippen LogP contribution in [0.3, 0.4) is 0 Å². The highest BCUT2D eigenvalue weighted by Gasteiger charge is 2.40. The monoisotopic (exact) mass is 250 g/mol. The van der Waals surface area contributed by atoms with Crippen LogP contribution in [-0.4, -0.2) is 36.1 Å². The molecule has 3 aliphatic rings. The average Bonchev–Trinajstić information content (AvgIpc) is 2.70. The Bertz CT molecular complexity index is 270. The van der Waals surface area contributed by atoms with Crippen LogP contribution in [0.4, 0.5) is 0 Å². The topological polar surface area (TPSA) is 15.3 Å². The van der Waals surface area contributed by atoms with Crippen molar-refractivity contribution >= 4 is 0 Å². The van der Waals surface area contributed by atoms with Crippen molar-refractivity contribution in [2.45, 2.75) is 76.3 Å². The summed E-state index contributed by atoms with van der Waals surface area (Å²) >= 11 is 0. The van der Waals surface area contributed by atoms with E-state index in [2.05, 4.69) is 17.1 Å². The molecule has 0 aromatic carbocycles. The van der Waals surface area contributed by atoms with E-state index in [0.29, 0.717) is 5.54 Å². The quantitative estimate of drug-likeness (QED) is 0.719. The van der Waals surface area contributed by atoms with Gasteiger partial charge in [0.2, 0.25) is 0 Å². The minimum atomic E-state index is 0.504. The Labute approximate surface area is 113 Å². The molecule has 2 nitrogen and oxygen atoms in total. The molecule has 3 rings (SSSR count). The van der Waals surface area contributed by atoms with Crippen LogP contribution in [0.15, 0.2) is 0 Å². The zero-order valence-corrected chi connectivity index (χ0v) is 12.1. The van der Waals surface area contributed by atoms with E-state index in [4.69, 9.17) is 0 Å². The van der Waals surface area contributed by atoms with Crippen molar-refractivity contribution in [1.82, 2.24) is 10.2 Å². The Morgan fingerprint density at radius 2 is 1.78 bits per heavy atom. The molecule has 2 aliphatic carbocycles. The summed E-state index contributed by atoms with van der Waals surface area (Å²) in [6, 6.07) is 0.882. The highest BCUT2D eigenvalue weighted by atomic mass is 15.2. The van der Waals surface area contributed by atoms with Crippen LogP contribution in [0.2, 0.25) is 0 Å². The predicted molar refractivity (Wildman–Crippen MR) is 76.8 cm³/mol. The summed E-state index contributed by atoms with van der Waals surface area (Å²) in [5, 5.41) is 3.85. The van der Waals surface area contributed by atoms with E-state index in [1.54, 1.807) is 0 Å². The third kappa shape index (κ3) is 2.60. The van der Waals surface area contributed by atoms with Gasteiger partial charge in [0.15, 0.2) is 0 Å². The number of piperazine rings is 1. The number of nitrogens with one attached hydrogen (secondary N) is 1. The maximum atomic E-state index is 3.85. The van der Waals surface area contributed by atoms with Crippen LogP contribution >= 0.6 is 0 Å². The lowest BCUT2D eigenvalue weighted by atomic mass is 9.89. The highest BCUT2D eigenvalue weighted by molar-refractivity contribution is 5.00. The normalized spacial score (nSPS) is 37.8. The molecule has 2 unspecified atom stereocenters. The second kappa shape index (κ2) is 5.50. The van der Waals surface area contributed by atoms with Crippen molar-refractivity contribution in [3.05, 3.63) is 0 Å². The lowest BCUT2D eigenvalue weighted by molar-refractivity contribution is 0.0654. The maximum absolute atomic E-state index is 3.85. The molecule has 3 fully saturated rings. The minimum Gasteiger partial charge on any atom is -0.309 e. The van der Waals surface area contributed by atoms with Gasteiger partial charge in [-0.2, -0.15) is 0 Å². The number of hydrogen-bond acceptors (Lipinski definition) is 2. The summed E-state index contributed by atoms with van der Waals surface area (Å²) < 4.78 is 0. The Morgan fingerprint density at radius 1 is 1.00 bits per heavy atom. The first-order valence-corrected chi connectivity index (χ1v) is 8.28. The van der Waals surface area contributed by atoms with Crippen LogP contribution in [0, 0.1) is 5.92 Å². The smallest absolute Gasteiger partial charge is 0.0309 e. The van der Waals surface area contributed by atoms with E-state index < -0.39 is 0 Å². The Kier molecular flexibility index (Phi) is 3.95. The molecule has 2 heteroatoms. The molecular formula is C16H30N2. The van der Waals surface area contributed by atoms with Crippen LogP contribution in [0.25, 0.3) is 0 Å². The zero-order chi connectivity index (χ0) is 12.4. The second-order valence-electron chi connectivity index (χ2n) is 7.07. The maximum Gasteiger partial charge on any atom is 0.0309 e. The van der Waals surface area contributed by atoms with Crippen LogP contribution in [0.5, 0.6) is 0 Å². The Balaban J connectivity index is 1.67. The van der Waals surface area contributed by atoms with Gasteiger partial charge < -0.3 is 5.32 Å². The number of nitrogens with zero attached hydrogens (tertiary/aromatic N) is 1. The summed E-state index contributed by atoms with van der Waals surface area (Å²) in [4.78, 5) is 2.86. The molecular weight excluding hydrogens is 220 g/mol. The fourth-order valence-corrected chi connectivity index (χ4v) is 4.67. The molecule has 0 radical (unpaired) electrons. The van der Waals surface area contributed by atoms with Gasteiger partial charge in [0.1, 0.15) is 0 Å². The first-order valence-electron chi connectivity index (χ1n) is 8.28. The number of hydrogen-bond donors (Lipinski definition) is 1. The third-order valence-corrected chi connectivity index (χ3v) is 5.75. The molecule has 1 saturated heterocycles. The van der Waals surface area contributed by atoms with E-state index in [-0.39, 0.29) is 0 Å². The molecule has 1 heterocycles. The molecule has 18 heavy (non-hydrogen) atoms. The first-order chi connectivity index (χ1) is 8.79. The summed E-state index contributed by atoms with van der Waals surface area (Å²) in [6.45, 7) is 6.35. The predicted octanol–water partition coefficient (Wildman–Crippen LogP) is 3.17. The van der Waals surface area contributed by atoms with E-state index in [0.717, 1.165) is 12.0 Å². The minimum absolute atomic E-state index is 0.504. The van der Waals surface area contributed by atoms with E-state index >= 15 is 0 Å². The van der Waals surface area contributed by atoms with Gasteiger partial charge >= 0.3 is 0 Å². The standard InChI is InChI=1S/C16H30N2/c1-14-7-3-2-4-8-15(14)18-12-11-17-16(13-18)9-5-6-10-16/h14-15,17H,2-13H2,1H3. The summed E-state index contributed by atoms with van der Waals surface area (Å²) in [7, 11) is 0. The van der Waals surface area contributed by atoms with Crippen LogP contribution in [-0.2, 0) is 0 Å². The van der Waals surface area contributed by atoms with E-state index in [1.807, 2.05) is 0 Å². The van der Waals surface area contributed by atoms with Crippen molar-refractivity contribution in [2.75, 3.05) is 19.6 Å². The number of rotatable bonds is 1. The summed E-state index contributed by atoms with van der Waals surface area (Å²) in [5.74, 6) is 0.920. The Hall–Kier alpha value is -0.0800. The molecule has 1 spiro atoms. The van der Waals surface area contributed by atoms with Gasteiger partial charge in [-0.25, -0.2) is 0 Å². The average molecular weight is 250 g/mol. The Morgan fingerprint density at radius 3 is 2.61 bits per heavy atom. The van der Waals surface area contributed by atoms with E-state index in [1.165, 1.54) is 77.4 Å². The summed E-state index contributed by atoms with van der Waals surface area (Å²) in [5.41, 5.74) is 0.504. The largest absolute Gasteiger partial charge is 0.309 e.